The fourth-order valence-electron chi connectivity index (χ4n) is 2.51. The van der Waals surface area contributed by atoms with E-state index in [0.29, 0.717) is 25.3 Å². The molecule has 0 atom stereocenters. The minimum absolute atomic E-state index is 0.331. The summed E-state index contributed by atoms with van der Waals surface area (Å²) in [6, 6.07) is 15.3. The minimum atomic E-state index is -0.331. The van der Waals surface area contributed by atoms with E-state index in [2.05, 4.69) is 0 Å². The van der Waals surface area contributed by atoms with Crippen LogP contribution >= 0.6 is 0 Å². The van der Waals surface area contributed by atoms with E-state index in [0.717, 1.165) is 29.5 Å². The van der Waals surface area contributed by atoms with E-state index in [1.165, 1.54) is 0 Å². The second-order valence-electron chi connectivity index (χ2n) is 6.39. The highest BCUT2D eigenvalue weighted by molar-refractivity contribution is 5.74. The van der Waals surface area contributed by atoms with Crippen molar-refractivity contribution in [2.75, 3.05) is 25.6 Å². The molecule has 138 valence electrons. The highest BCUT2D eigenvalue weighted by Crippen LogP contribution is 2.16. The smallest absolute Gasteiger partial charge is 0.410 e. The van der Waals surface area contributed by atoms with E-state index >= 15 is 0 Å². The number of amides is 1. The minimum Gasteiger partial charge on any atom is -0.449 e. The van der Waals surface area contributed by atoms with Gasteiger partial charge in [-0.25, -0.2) is 4.79 Å². The summed E-state index contributed by atoms with van der Waals surface area (Å²) >= 11 is 0. The summed E-state index contributed by atoms with van der Waals surface area (Å²) in [5, 5.41) is 0. The zero-order chi connectivity index (χ0) is 18.9. The first-order valence-corrected chi connectivity index (χ1v) is 8.75. The summed E-state index contributed by atoms with van der Waals surface area (Å²) in [7, 11) is 3.98. The van der Waals surface area contributed by atoms with Crippen molar-refractivity contribution in [3.05, 3.63) is 65.2 Å². The zero-order valence-electron chi connectivity index (χ0n) is 15.6. The van der Waals surface area contributed by atoms with E-state index in [1.807, 2.05) is 62.3 Å². The van der Waals surface area contributed by atoms with Crippen LogP contribution < -0.4 is 4.90 Å². The number of hydrogen-bond acceptors (Lipinski definition) is 4. The molecule has 0 saturated heterocycles. The standard InChI is InChI=1S/C21H26N2O3/c1-4-13-26-21(25)23(14-17-5-7-19(16-24)8-6-17)15-18-9-11-20(12-10-18)22(2)3/h5-12,16H,4,13-15H2,1-3H3. The summed E-state index contributed by atoms with van der Waals surface area (Å²) < 4.78 is 5.33. The number of benzene rings is 2. The lowest BCUT2D eigenvalue weighted by molar-refractivity contribution is 0.0970. The molecule has 0 aliphatic rings. The molecular formula is C21H26N2O3. The fraction of sp³-hybridized carbons (Fsp3) is 0.333. The number of carbonyl (C=O) groups excluding carboxylic acids is 2. The molecule has 2 aromatic rings. The topological polar surface area (TPSA) is 49.9 Å². The Hall–Kier alpha value is -2.82. The average Bonchev–Trinajstić information content (AvgIpc) is 2.66. The molecular weight excluding hydrogens is 328 g/mol. The molecule has 2 rings (SSSR count). The van der Waals surface area contributed by atoms with E-state index in [-0.39, 0.29) is 6.09 Å². The molecule has 0 spiro atoms. The molecule has 0 bridgehead atoms. The SMILES string of the molecule is CCCOC(=O)N(Cc1ccc(C=O)cc1)Cc1ccc(N(C)C)cc1. The van der Waals surface area contributed by atoms with Crippen LogP contribution in [0.1, 0.15) is 34.8 Å². The second kappa shape index (κ2) is 9.61. The molecule has 0 fully saturated rings. The molecule has 0 heterocycles. The van der Waals surface area contributed by atoms with Crippen molar-refractivity contribution in [2.45, 2.75) is 26.4 Å². The zero-order valence-corrected chi connectivity index (χ0v) is 15.6. The molecule has 0 unspecified atom stereocenters. The Balaban J connectivity index is 2.13. The number of aldehydes is 1. The van der Waals surface area contributed by atoms with Crippen molar-refractivity contribution in [3.63, 3.8) is 0 Å². The monoisotopic (exact) mass is 354 g/mol. The third-order valence-corrected chi connectivity index (χ3v) is 4.00. The molecule has 26 heavy (non-hydrogen) atoms. The normalized spacial score (nSPS) is 10.3. The molecule has 0 N–H and O–H groups in total. The lowest BCUT2D eigenvalue weighted by Crippen LogP contribution is -2.31. The lowest BCUT2D eigenvalue weighted by atomic mass is 10.1. The van der Waals surface area contributed by atoms with Gasteiger partial charge in [-0.2, -0.15) is 0 Å². The van der Waals surface area contributed by atoms with Gasteiger partial charge in [0.25, 0.3) is 0 Å². The first kappa shape index (κ1) is 19.5. The van der Waals surface area contributed by atoms with Gasteiger partial charge in [0.1, 0.15) is 6.29 Å². The van der Waals surface area contributed by atoms with Crippen LogP contribution in [-0.4, -0.2) is 38.0 Å². The van der Waals surface area contributed by atoms with Gasteiger partial charge in [-0.1, -0.05) is 43.3 Å². The number of anilines is 1. The molecule has 0 radical (unpaired) electrons. The highest BCUT2D eigenvalue weighted by atomic mass is 16.6. The summed E-state index contributed by atoms with van der Waals surface area (Å²) in [5.74, 6) is 0. The maximum Gasteiger partial charge on any atom is 0.410 e. The van der Waals surface area contributed by atoms with Crippen molar-refractivity contribution >= 4 is 18.1 Å². The highest BCUT2D eigenvalue weighted by Gasteiger charge is 2.16. The first-order valence-electron chi connectivity index (χ1n) is 8.75. The maximum absolute atomic E-state index is 12.4. The van der Waals surface area contributed by atoms with Crippen LogP contribution in [-0.2, 0) is 17.8 Å². The fourth-order valence-corrected chi connectivity index (χ4v) is 2.51. The van der Waals surface area contributed by atoms with Crippen LogP contribution in [0.15, 0.2) is 48.5 Å². The van der Waals surface area contributed by atoms with Crippen molar-refractivity contribution in [2.24, 2.45) is 0 Å². The van der Waals surface area contributed by atoms with Gasteiger partial charge in [0, 0.05) is 38.4 Å². The molecule has 0 saturated carbocycles. The molecule has 0 aliphatic carbocycles. The van der Waals surface area contributed by atoms with Gasteiger partial charge < -0.3 is 9.64 Å². The van der Waals surface area contributed by atoms with Gasteiger partial charge in [-0.15, -0.1) is 0 Å². The first-order chi connectivity index (χ1) is 12.5. The third kappa shape index (κ3) is 5.62. The Labute approximate surface area is 155 Å². The van der Waals surface area contributed by atoms with Crippen LogP contribution in [0.25, 0.3) is 0 Å². The van der Waals surface area contributed by atoms with Crippen LogP contribution in [0.2, 0.25) is 0 Å². The van der Waals surface area contributed by atoms with E-state index in [4.69, 9.17) is 4.74 Å². The average molecular weight is 354 g/mol. The Morgan fingerprint density at radius 3 is 1.96 bits per heavy atom. The number of ether oxygens (including phenoxy) is 1. The van der Waals surface area contributed by atoms with Crippen molar-refractivity contribution < 1.29 is 14.3 Å². The maximum atomic E-state index is 12.4. The van der Waals surface area contributed by atoms with Crippen LogP contribution in [0.3, 0.4) is 0 Å². The summed E-state index contributed by atoms with van der Waals surface area (Å²) in [6.07, 6.45) is 1.26. The second-order valence-corrected chi connectivity index (χ2v) is 6.39. The molecule has 2 aromatic carbocycles. The molecule has 0 aliphatic heterocycles. The lowest BCUT2D eigenvalue weighted by Gasteiger charge is -2.23. The third-order valence-electron chi connectivity index (χ3n) is 4.00. The number of carbonyl (C=O) groups is 2. The number of rotatable bonds is 8. The van der Waals surface area contributed by atoms with Crippen LogP contribution in [0.4, 0.5) is 10.5 Å². The summed E-state index contributed by atoms with van der Waals surface area (Å²) in [4.78, 5) is 27.0. The Kier molecular flexibility index (Phi) is 7.21. The molecule has 5 heteroatoms. The Morgan fingerprint density at radius 2 is 1.50 bits per heavy atom. The summed E-state index contributed by atoms with van der Waals surface area (Å²) in [6.45, 7) is 3.26. The quantitative estimate of drug-likeness (QED) is 0.669. The van der Waals surface area contributed by atoms with Crippen LogP contribution in [0.5, 0.6) is 0 Å². The van der Waals surface area contributed by atoms with Gasteiger partial charge >= 0.3 is 6.09 Å². The van der Waals surface area contributed by atoms with Crippen molar-refractivity contribution in [1.29, 1.82) is 0 Å². The van der Waals surface area contributed by atoms with Gasteiger partial charge in [0.15, 0.2) is 0 Å². The van der Waals surface area contributed by atoms with Gasteiger partial charge in [0.05, 0.1) is 6.61 Å². The van der Waals surface area contributed by atoms with Crippen molar-refractivity contribution in [3.8, 4) is 0 Å². The molecule has 1 amide bonds. The Bertz CT molecular complexity index is 709. The predicted molar refractivity (Wildman–Crippen MR) is 103 cm³/mol. The largest absolute Gasteiger partial charge is 0.449 e. The van der Waals surface area contributed by atoms with Crippen molar-refractivity contribution in [1.82, 2.24) is 4.90 Å². The predicted octanol–water partition coefficient (Wildman–Crippen LogP) is 4.11. The van der Waals surface area contributed by atoms with E-state index < -0.39 is 0 Å². The summed E-state index contributed by atoms with van der Waals surface area (Å²) in [5.41, 5.74) is 3.72. The van der Waals surface area contributed by atoms with Gasteiger partial charge in [0.2, 0.25) is 0 Å². The number of hydrogen-bond donors (Lipinski definition) is 0. The molecule has 0 aromatic heterocycles. The van der Waals surface area contributed by atoms with E-state index in [1.54, 1.807) is 17.0 Å². The number of nitrogens with zero attached hydrogens (tertiary/aromatic N) is 2. The van der Waals surface area contributed by atoms with Crippen LogP contribution in [0, 0.1) is 0 Å². The Morgan fingerprint density at radius 1 is 0.962 bits per heavy atom. The van der Waals surface area contributed by atoms with Gasteiger partial charge in [-0.3, -0.25) is 9.69 Å². The van der Waals surface area contributed by atoms with Gasteiger partial charge in [-0.05, 0) is 29.7 Å². The molecule has 5 nitrogen and oxygen atoms in total. The van der Waals surface area contributed by atoms with E-state index in [9.17, 15) is 9.59 Å².